The van der Waals surface area contributed by atoms with E-state index in [2.05, 4.69) is 0 Å². The van der Waals surface area contributed by atoms with E-state index in [1.807, 2.05) is 0 Å². The third-order valence-electron chi connectivity index (χ3n) is 2.50. The fourth-order valence-electron chi connectivity index (χ4n) is 1.56. The lowest BCUT2D eigenvalue weighted by atomic mass is 9.88. The Hall–Kier alpha value is -1.36. The Balaban J connectivity index is 3.24. The highest BCUT2D eigenvalue weighted by atomic mass is 19.4. The predicted molar refractivity (Wildman–Crippen MR) is 56.4 cm³/mol. The van der Waals surface area contributed by atoms with Crippen LogP contribution >= 0.6 is 0 Å². The molecule has 1 aromatic rings. The molecule has 1 N–H and O–H groups in total. The second-order valence-electron chi connectivity index (χ2n) is 4.10. The first-order chi connectivity index (χ1) is 7.67. The topological polar surface area (TPSA) is 37.3 Å². The third-order valence-corrected chi connectivity index (χ3v) is 2.50. The quantitative estimate of drug-likeness (QED) is 0.890. The van der Waals surface area contributed by atoms with Gasteiger partial charge in [-0.1, -0.05) is 29.8 Å². The predicted octanol–water partition coefficient (Wildman–Crippen LogP) is 2.72. The van der Waals surface area contributed by atoms with Crippen molar-refractivity contribution in [1.29, 1.82) is 0 Å². The van der Waals surface area contributed by atoms with Crippen molar-refractivity contribution in [1.82, 2.24) is 0 Å². The van der Waals surface area contributed by atoms with Gasteiger partial charge in [0.15, 0.2) is 5.60 Å². The monoisotopic (exact) mass is 246 g/mol. The van der Waals surface area contributed by atoms with Crippen LogP contribution in [0.4, 0.5) is 13.2 Å². The molecule has 94 valence electrons. The molecule has 1 rings (SSSR count). The number of Topliss-reactive ketones (excluding diaryl/α,β-unsaturated/α-hetero) is 1. The zero-order valence-corrected chi connectivity index (χ0v) is 9.51. The molecule has 0 radical (unpaired) electrons. The summed E-state index contributed by atoms with van der Waals surface area (Å²) in [7, 11) is 0. The summed E-state index contributed by atoms with van der Waals surface area (Å²) >= 11 is 0. The summed E-state index contributed by atoms with van der Waals surface area (Å²) in [5, 5.41) is 9.73. The molecule has 0 bridgehead atoms. The van der Waals surface area contributed by atoms with E-state index in [9.17, 15) is 23.1 Å². The van der Waals surface area contributed by atoms with Crippen molar-refractivity contribution in [3.8, 4) is 0 Å². The van der Waals surface area contributed by atoms with Crippen LogP contribution in [0.25, 0.3) is 0 Å². The molecule has 5 heteroatoms. The highest BCUT2D eigenvalue weighted by Gasteiger charge is 2.55. The Kier molecular flexibility index (Phi) is 3.62. The van der Waals surface area contributed by atoms with Gasteiger partial charge in [-0.25, -0.2) is 0 Å². The van der Waals surface area contributed by atoms with Crippen LogP contribution in [0.2, 0.25) is 0 Å². The van der Waals surface area contributed by atoms with Gasteiger partial charge in [0.2, 0.25) is 0 Å². The van der Waals surface area contributed by atoms with Crippen LogP contribution in [0, 0.1) is 6.92 Å². The Morgan fingerprint density at radius 1 is 1.24 bits per heavy atom. The summed E-state index contributed by atoms with van der Waals surface area (Å²) in [5.74, 6) is -0.717. The van der Waals surface area contributed by atoms with E-state index in [4.69, 9.17) is 0 Å². The van der Waals surface area contributed by atoms with Gasteiger partial charge in [0.05, 0.1) is 0 Å². The largest absolute Gasteiger partial charge is 0.421 e. The van der Waals surface area contributed by atoms with Crippen molar-refractivity contribution in [2.75, 3.05) is 0 Å². The lowest BCUT2D eigenvalue weighted by molar-refractivity contribution is -0.267. The minimum atomic E-state index is -4.88. The van der Waals surface area contributed by atoms with Gasteiger partial charge in [-0.15, -0.1) is 0 Å². The van der Waals surface area contributed by atoms with Crippen LogP contribution in [-0.2, 0) is 10.4 Å². The second kappa shape index (κ2) is 4.49. The molecule has 0 heterocycles. The van der Waals surface area contributed by atoms with Crippen molar-refractivity contribution < 1.29 is 23.1 Å². The number of aryl methyl sites for hydroxylation is 1. The van der Waals surface area contributed by atoms with E-state index in [1.165, 1.54) is 24.3 Å². The van der Waals surface area contributed by atoms with Crippen molar-refractivity contribution in [3.63, 3.8) is 0 Å². The molecule has 0 aliphatic rings. The summed E-state index contributed by atoms with van der Waals surface area (Å²) in [6.45, 7) is 2.74. The fraction of sp³-hybridized carbons (Fsp3) is 0.417. The van der Waals surface area contributed by atoms with Gasteiger partial charge in [-0.3, -0.25) is 4.79 Å². The number of halogens is 3. The van der Waals surface area contributed by atoms with Crippen molar-refractivity contribution >= 4 is 5.78 Å². The number of rotatable bonds is 3. The molecule has 0 aliphatic heterocycles. The maximum atomic E-state index is 12.8. The number of carbonyl (C=O) groups excluding carboxylic acids is 1. The van der Waals surface area contributed by atoms with Gasteiger partial charge >= 0.3 is 6.18 Å². The Morgan fingerprint density at radius 3 is 2.06 bits per heavy atom. The smallest absolute Gasteiger partial charge is 0.376 e. The number of hydrogen-bond acceptors (Lipinski definition) is 2. The van der Waals surface area contributed by atoms with Gasteiger partial charge in [-0.2, -0.15) is 13.2 Å². The zero-order valence-electron chi connectivity index (χ0n) is 9.51. The van der Waals surface area contributed by atoms with Crippen molar-refractivity contribution in [3.05, 3.63) is 35.4 Å². The molecule has 0 unspecified atom stereocenters. The molecule has 1 aromatic carbocycles. The molecule has 0 fully saturated rings. The van der Waals surface area contributed by atoms with E-state index in [0.29, 0.717) is 0 Å². The fourth-order valence-corrected chi connectivity index (χ4v) is 1.56. The molecule has 0 amide bonds. The third kappa shape index (κ3) is 2.85. The molecule has 17 heavy (non-hydrogen) atoms. The molecule has 0 aliphatic carbocycles. The summed E-state index contributed by atoms with van der Waals surface area (Å²) in [4.78, 5) is 10.9. The van der Waals surface area contributed by atoms with E-state index in [0.717, 1.165) is 12.5 Å². The van der Waals surface area contributed by atoms with E-state index >= 15 is 0 Å². The van der Waals surface area contributed by atoms with Crippen molar-refractivity contribution in [2.45, 2.75) is 32.0 Å². The number of aliphatic hydroxyl groups is 1. The summed E-state index contributed by atoms with van der Waals surface area (Å²) in [5.41, 5.74) is -2.64. The van der Waals surface area contributed by atoms with E-state index in [1.54, 1.807) is 6.92 Å². The number of carbonyl (C=O) groups is 1. The Morgan fingerprint density at radius 2 is 1.71 bits per heavy atom. The molecule has 0 saturated carbocycles. The molecular weight excluding hydrogens is 233 g/mol. The standard InChI is InChI=1S/C12H13F3O2/c1-8-3-5-10(6-4-8)11(17,7-9(2)16)12(13,14)15/h3-6,17H,7H2,1-2H3/t11-/m1/s1. The van der Waals surface area contributed by atoms with Crippen LogP contribution in [0.3, 0.4) is 0 Å². The first-order valence-electron chi connectivity index (χ1n) is 5.02. The minimum absolute atomic E-state index is 0.314. The molecule has 0 spiro atoms. The molecule has 1 atom stereocenters. The van der Waals surface area contributed by atoms with Crippen LogP contribution in [0.15, 0.2) is 24.3 Å². The van der Waals surface area contributed by atoms with Crippen molar-refractivity contribution in [2.24, 2.45) is 0 Å². The lowest BCUT2D eigenvalue weighted by Crippen LogP contribution is -2.43. The minimum Gasteiger partial charge on any atom is -0.376 e. The number of ketones is 1. The normalized spacial score (nSPS) is 15.4. The summed E-state index contributed by atoms with van der Waals surface area (Å²) in [6.07, 6.45) is -5.85. The molecule has 0 aromatic heterocycles. The van der Waals surface area contributed by atoms with Gasteiger partial charge < -0.3 is 5.11 Å². The van der Waals surface area contributed by atoms with Gasteiger partial charge in [0.25, 0.3) is 0 Å². The summed E-state index contributed by atoms with van der Waals surface area (Å²) < 4.78 is 38.5. The summed E-state index contributed by atoms with van der Waals surface area (Å²) in [6, 6.07) is 5.30. The second-order valence-corrected chi connectivity index (χ2v) is 4.10. The Labute approximate surface area is 97.1 Å². The first-order valence-corrected chi connectivity index (χ1v) is 5.02. The maximum Gasteiger partial charge on any atom is 0.421 e. The Bertz CT molecular complexity index is 409. The maximum absolute atomic E-state index is 12.8. The molecular formula is C12H13F3O2. The number of hydrogen-bond donors (Lipinski definition) is 1. The molecule has 2 nitrogen and oxygen atoms in total. The highest BCUT2D eigenvalue weighted by Crippen LogP contribution is 2.41. The first kappa shape index (κ1) is 13.7. The zero-order chi connectivity index (χ0) is 13.3. The SMILES string of the molecule is CC(=O)C[C@@](O)(c1ccc(C)cc1)C(F)(F)F. The van der Waals surface area contributed by atoms with Gasteiger partial charge in [0.1, 0.15) is 5.78 Å². The van der Waals surface area contributed by atoms with Gasteiger partial charge in [-0.05, 0) is 19.4 Å². The number of alkyl halides is 3. The van der Waals surface area contributed by atoms with Gasteiger partial charge in [0, 0.05) is 6.42 Å². The average molecular weight is 246 g/mol. The highest BCUT2D eigenvalue weighted by molar-refractivity contribution is 5.77. The van der Waals surface area contributed by atoms with E-state index < -0.39 is 24.0 Å². The van der Waals surface area contributed by atoms with Crippen LogP contribution in [0.1, 0.15) is 24.5 Å². The van der Waals surface area contributed by atoms with Crippen LogP contribution < -0.4 is 0 Å². The lowest BCUT2D eigenvalue weighted by Gasteiger charge is -2.30. The average Bonchev–Trinajstić information content (AvgIpc) is 2.15. The molecule has 0 saturated heterocycles. The van der Waals surface area contributed by atoms with Crippen LogP contribution in [0.5, 0.6) is 0 Å². The van der Waals surface area contributed by atoms with E-state index in [-0.39, 0.29) is 5.56 Å². The number of benzene rings is 1. The van der Waals surface area contributed by atoms with Crippen LogP contribution in [-0.4, -0.2) is 17.1 Å².